The van der Waals surface area contributed by atoms with Crippen LogP contribution in [0.4, 0.5) is 0 Å². The van der Waals surface area contributed by atoms with Crippen molar-refractivity contribution in [1.29, 1.82) is 0 Å². The minimum atomic E-state index is -3.39. The summed E-state index contributed by atoms with van der Waals surface area (Å²) in [5, 5.41) is 3.28. The van der Waals surface area contributed by atoms with Gasteiger partial charge in [0.05, 0.1) is 4.90 Å². The standard InChI is InChI=1S/C13H25N3O2S/c1-10(2)7-15-19(17,18)13-6-12(16(5)9-13)8-14-11(3)4/h6,9-11,14-15H,7-8H2,1-5H3. The molecule has 0 unspecified atom stereocenters. The van der Waals surface area contributed by atoms with Crippen LogP contribution < -0.4 is 10.0 Å². The van der Waals surface area contributed by atoms with Gasteiger partial charge in [-0.3, -0.25) is 0 Å². The molecule has 2 N–H and O–H groups in total. The van der Waals surface area contributed by atoms with Gasteiger partial charge in [-0.25, -0.2) is 13.1 Å². The maximum Gasteiger partial charge on any atom is 0.242 e. The van der Waals surface area contributed by atoms with Crippen LogP contribution in [0.15, 0.2) is 17.2 Å². The molecular formula is C13H25N3O2S. The average Bonchev–Trinajstić information content (AvgIpc) is 2.66. The lowest BCUT2D eigenvalue weighted by Crippen LogP contribution is -2.27. The van der Waals surface area contributed by atoms with Crippen LogP contribution in [0.1, 0.15) is 33.4 Å². The van der Waals surface area contributed by atoms with Crippen LogP contribution in [0.5, 0.6) is 0 Å². The lowest BCUT2D eigenvalue weighted by atomic mass is 10.2. The van der Waals surface area contributed by atoms with Crippen molar-refractivity contribution in [1.82, 2.24) is 14.6 Å². The molecule has 0 atom stereocenters. The van der Waals surface area contributed by atoms with E-state index in [-0.39, 0.29) is 0 Å². The molecule has 0 saturated heterocycles. The van der Waals surface area contributed by atoms with Crippen molar-refractivity contribution >= 4 is 10.0 Å². The Morgan fingerprint density at radius 2 is 1.89 bits per heavy atom. The quantitative estimate of drug-likeness (QED) is 0.798. The molecule has 1 aromatic heterocycles. The summed E-state index contributed by atoms with van der Waals surface area (Å²) in [6, 6.07) is 2.09. The average molecular weight is 287 g/mol. The first-order chi connectivity index (χ1) is 8.72. The predicted molar refractivity (Wildman–Crippen MR) is 77.4 cm³/mol. The molecule has 0 radical (unpaired) electrons. The number of hydrogen-bond acceptors (Lipinski definition) is 3. The number of nitrogens with one attached hydrogen (secondary N) is 2. The van der Waals surface area contributed by atoms with Gasteiger partial charge < -0.3 is 9.88 Å². The lowest BCUT2D eigenvalue weighted by Gasteiger charge is -2.08. The van der Waals surface area contributed by atoms with Crippen molar-refractivity contribution < 1.29 is 8.42 Å². The van der Waals surface area contributed by atoms with E-state index in [1.807, 2.05) is 25.5 Å². The number of sulfonamides is 1. The fraction of sp³-hybridized carbons (Fsp3) is 0.692. The van der Waals surface area contributed by atoms with E-state index in [9.17, 15) is 8.42 Å². The smallest absolute Gasteiger partial charge is 0.242 e. The highest BCUT2D eigenvalue weighted by Crippen LogP contribution is 2.13. The molecule has 0 aliphatic carbocycles. The van der Waals surface area contributed by atoms with Gasteiger partial charge in [0.15, 0.2) is 0 Å². The molecule has 0 saturated carbocycles. The summed E-state index contributed by atoms with van der Waals surface area (Å²) in [7, 11) is -1.53. The molecule has 1 heterocycles. The predicted octanol–water partition coefficient (Wildman–Crippen LogP) is 1.46. The normalized spacial score (nSPS) is 12.6. The van der Waals surface area contributed by atoms with E-state index in [1.165, 1.54) is 0 Å². The van der Waals surface area contributed by atoms with Crippen LogP contribution in [0.3, 0.4) is 0 Å². The minimum absolute atomic E-state index is 0.292. The first kappa shape index (κ1) is 16.2. The Morgan fingerprint density at radius 3 is 2.42 bits per heavy atom. The van der Waals surface area contributed by atoms with Crippen molar-refractivity contribution in [3.05, 3.63) is 18.0 Å². The summed E-state index contributed by atoms with van der Waals surface area (Å²) in [4.78, 5) is 0.330. The monoisotopic (exact) mass is 287 g/mol. The fourth-order valence-electron chi connectivity index (χ4n) is 1.57. The van der Waals surface area contributed by atoms with Gasteiger partial charge in [0.25, 0.3) is 0 Å². The summed E-state index contributed by atoms with van der Waals surface area (Å²) in [5.74, 6) is 0.292. The Kier molecular flexibility index (Phi) is 5.58. The molecule has 5 nitrogen and oxygen atoms in total. The molecule has 0 fully saturated rings. The Labute approximate surface area is 116 Å². The zero-order valence-corrected chi connectivity index (χ0v) is 13.2. The van der Waals surface area contributed by atoms with Gasteiger partial charge in [0.2, 0.25) is 10.0 Å². The number of aromatic nitrogens is 1. The van der Waals surface area contributed by atoms with Gasteiger partial charge in [-0.1, -0.05) is 27.7 Å². The van der Waals surface area contributed by atoms with Gasteiger partial charge in [-0.15, -0.1) is 0 Å². The summed E-state index contributed by atoms with van der Waals surface area (Å²) >= 11 is 0. The van der Waals surface area contributed by atoms with Crippen molar-refractivity contribution in [2.75, 3.05) is 6.54 Å². The molecule has 0 bridgehead atoms. The van der Waals surface area contributed by atoms with E-state index >= 15 is 0 Å². The highest BCUT2D eigenvalue weighted by atomic mass is 32.2. The maximum absolute atomic E-state index is 12.1. The van der Waals surface area contributed by atoms with Gasteiger partial charge in [0.1, 0.15) is 0 Å². The third kappa shape index (κ3) is 4.97. The van der Waals surface area contributed by atoms with Crippen LogP contribution in [-0.4, -0.2) is 25.6 Å². The molecule has 0 aliphatic rings. The second-order valence-corrected chi connectivity index (χ2v) is 7.33. The summed E-state index contributed by atoms with van der Waals surface area (Å²) in [5.41, 5.74) is 0.957. The van der Waals surface area contributed by atoms with E-state index < -0.39 is 10.0 Å². The lowest BCUT2D eigenvalue weighted by molar-refractivity contribution is 0.560. The molecule has 0 aromatic carbocycles. The molecule has 0 spiro atoms. The Hall–Kier alpha value is -0.850. The molecule has 1 aromatic rings. The van der Waals surface area contributed by atoms with Gasteiger partial charge >= 0.3 is 0 Å². The topological polar surface area (TPSA) is 63.1 Å². The zero-order chi connectivity index (χ0) is 14.6. The third-order valence-electron chi connectivity index (χ3n) is 2.77. The van der Waals surface area contributed by atoms with E-state index in [4.69, 9.17) is 0 Å². The first-order valence-electron chi connectivity index (χ1n) is 6.60. The van der Waals surface area contributed by atoms with E-state index in [2.05, 4.69) is 23.9 Å². The van der Waals surface area contributed by atoms with Crippen molar-refractivity contribution in [2.24, 2.45) is 13.0 Å². The fourth-order valence-corrected chi connectivity index (χ4v) is 2.88. The largest absolute Gasteiger partial charge is 0.352 e. The number of nitrogens with zero attached hydrogens (tertiary/aromatic N) is 1. The van der Waals surface area contributed by atoms with Crippen LogP contribution in [0.2, 0.25) is 0 Å². The highest BCUT2D eigenvalue weighted by molar-refractivity contribution is 7.89. The molecule has 1 rings (SSSR count). The molecule has 19 heavy (non-hydrogen) atoms. The Morgan fingerprint density at radius 1 is 1.26 bits per heavy atom. The van der Waals surface area contributed by atoms with Crippen molar-refractivity contribution in [2.45, 2.75) is 45.2 Å². The van der Waals surface area contributed by atoms with E-state index in [1.54, 1.807) is 12.3 Å². The van der Waals surface area contributed by atoms with Gasteiger partial charge in [0, 0.05) is 38.1 Å². The SMILES string of the molecule is CC(C)CNS(=O)(=O)c1cc(CNC(C)C)n(C)c1. The Bertz CT molecular complexity index is 504. The molecule has 110 valence electrons. The van der Waals surface area contributed by atoms with Crippen LogP contribution >= 0.6 is 0 Å². The van der Waals surface area contributed by atoms with E-state index in [0.29, 0.717) is 29.9 Å². The first-order valence-corrected chi connectivity index (χ1v) is 8.09. The number of aryl methyl sites for hydroxylation is 1. The van der Waals surface area contributed by atoms with Crippen LogP contribution in [-0.2, 0) is 23.6 Å². The Balaban J connectivity index is 2.81. The molecular weight excluding hydrogens is 262 g/mol. The van der Waals surface area contributed by atoms with Gasteiger partial charge in [-0.2, -0.15) is 0 Å². The molecule has 0 amide bonds. The number of hydrogen-bond donors (Lipinski definition) is 2. The second-order valence-electron chi connectivity index (χ2n) is 5.56. The summed E-state index contributed by atoms with van der Waals surface area (Å²) in [6.07, 6.45) is 1.65. The number of rotatable bonds is 7. The summed E-state index contributed by atoms with van der Waals surface area (Å²) in [6.45, 7) is 9.19. The third-order valence-corrected chi connectivity index (χ3v) is 4.16. The van der Waals surface area contributed by atoms with Crippen molar-refractivity contribution in [3.8, 4) is 0 Å². The second kappa shape index (κ2) is 6.54. The van der Waals surface area contributed by atoms with Crippen LogP contribution in [0, 0.1) is 5.92 Å². The molecule has 6 heteroatoms. The van der Waals surface area contributed by atoms with E-state index in [0.717, 1.165) is 5.69 Å². The zero-order valence-electron chi connectivity index (χ0n) is 12.4. The summed E-state index contributed by atoms with van der Waals surface area (Å²) < 4.78 is 28.7. The molecule has 0 aliphatic heterocycles. The maximum atomic E-state index is 12.1. The highest BCUT2D eigenvalue weighted by Gasteiger charge is 2.17. The minimum Gasteiger partial charge on any atom is -0.352 e. The van der Waals surface area contributed by atoms with Crippen LogP contribution in [0.25, 0.3) is 0 Å². The van der Waals surface area contributed by atoms with Gasteiger partial charge in [-0.05, 0) is 12.0 Å². The van der Waals surface area contributed by atoms with Crippen molar-refractivity contribution in [3.63, 3.8) is 0 Å².